The van der Waals surface area contributed by atoms with Gasteiger partial charge >= 0.3 is 6.03 Å². The second kappa shape index (κ2) is 4.27. The first-order chi connectivity index (χ1) is 6.97. The topological polar surface area (TPSA) is 78.6 Å². The number of primary amides is 1. The third-order valence-electron chi connectivity index (χ3n) is 2.03. The maximum atomic E-state index is 10.9. The van der Waals surface area contributed by atoms with Gasteiger partial charge in [-0.2, -0.15) is 0 Å². The van der Waals surface area contributed by atoms with E-state index >= 15 is 0 Å². The molecule has 4 N–H and O–H groups in total. The number of carbonyl (C=O) groups excluding carboxylic acids is 1. The van der Waals surface area contributed by atoms with E-state index in [4.69, 9.17) is 17.3 Å². The molecule has 0 heterocycles. The maximum Gasteiger partial charge on any atom is 0.319 e. The van der Waals surface area contributed by atoms with Gasteiger partial charge in [-0.3, -0.25) is 4.90 Å². The molecule has 1 aromatic rings. The Hall–Kier alpha value is -1.62. The summed E-state index contributed by atoms with van der Waals surface area (Å²) in [6, 6.07) is 2.23. The number of phenolic OH excluding ortho intramolecular Hbond substituents is 1. The standard InChI is InChI=1S/C9H12ClN3O2/c1-12-6-4-8(14)7(3-5(6)10)13(2)9(11)15/h3-4,12,14H,1-2H3,(H2,11,15). The molecule has 0 aliphatic rings. The minimum Gasteiger partial charge on any atom is -0.506 e. The van der Waals surface area contributed by atoms with Crippen molar-refractivity contribution in [3.05, 3.63) is 17.2 Å². The Labute approximate surface area is 92.4 Å². The van der Waals surface area contributed by atoms with Crippen molar-refractivity contribution < 1.29 is 9.90 Å². The van der Waals surface area contributed by atoms with E-state index < -0.39 is 6.03 Å². The molecular formula is C9H12ClN3O2. The summed E-state index contributed by atoms with van der Waals surface area (Å²) in [7, 11) is 3.13. The van der Waals surface area contributed by atoms with Gasteiger partial charge < -0.3 is 16.2 Å². The molecule has 1 rings (SSSR count). The highest BCUT2D eigenvalue weighted by Gasteiger charge is 2.13. The largest absolute Gasteiger partial charge is 0.506 e. The molecule has 6 heteroatoms. The number of aromatic hydroxyl groups is 1. The molecule has 0 aromatic heterocycles. The van der Waals surface area contributed by atoms with E-state index in [1.807, 2.05) is 0 Å². The fourth-order valence-corrected chi connectivity index (χ4v) is 1.38. The Bertz CT molecular complexity index is 395. The summed E-state index contributed by atoms with van der Waals surface area (Å²) in [6.07, 6.45) is 0. The first-order valence-electron chi connectivity index (χ1n) is 4.20. The predicted molar refractivity (Wildman–Crippen MR) is 60.6 cm³/mol. The van der Waals surface area contributed by atoms with E-state index in [0.717, 1.165) is 4.90 Å². The maximum absolute atomic E-state index is 10.9. The van der Waals surface area contributed by atoms with Crippen LogP contribution in [0.2, 0.25) is 5.02 Å². The van der Waals surface area contributed by atoms with E-state index in [9.17, 15) is 9.90 Å². The predicted octanol–water partition coefficient (Wildman–Crippen LogP) is 1.60. The summed E-state index contributed by atoms with van der Waals surface area (Å²) in [5.74, 6) is -0.0648. The Morgan fingerprint density at radius 1 is 1.60 bits per heavy atom. The quantitative estimate of drug-likeness (QED) is 0.721. The number of nitrogens with two attached hydrogens (primary N) is 1. The van der Waals surface area contributed by atoms with Gasteiger partial charge in [0.25, 0.3) is 0 Å². The zero-order valence-corrected chi connectivity index (χ0v) is 9.17. The molecule has 82 valence electrons. The number of hydrogen-bond donors (Lipinski definition) is 3. The molecule has 0 saturated heterocycles. The van der Waals surface area contributed by atoms with E-state index in [1.54, 1.807) is 7.05 Å². The number of anilines is 2. The molecule has 0 bridgehead atoms. The Kier molecular flexibility index (Phi) is 3.26. The highest BCUT2D eigenvalue weighted by Crippen LogP contribution is 2.35. The van der Waals surface area contributed by atoms with Crippen molar-refractivity contribution in [1.82, 2.24) is 0 Å². The molecule has 0 saturated carbocycles. The van der Waals surface area contributed by atoms with E-state index in [0.29, 0.717) is 10.7 Å². The van der Waals surface area contributed by atoms with Gasteiger partial charge in [-0.25, -0.2) is 4.79 Å². The lowest BCUT2D eigenvalue weighted by atomic mass is 10.2. The van der Waals surface area contributed by atoms with Crippen LogP contribution in [0.1, 0.15) is 0 Å². The van der Waals surface area contributed by atoms with Crippen LogP contribution in [0.3, 0.4) is 0 Å². The first kappa shape index (κ1) is 11.5. The van der Waals surface area contributed by atoms with Crippen LogP contribution in [-0.4, -0.2) is 25.2 Å². The summed E-state index contributed by atoms with van der Waals surface area (Å²) >= 11 is 5.90. The van der Waals surface area contributed by atoms with Crippen molar-refractivity contribution in [2.24, 2.45) is 5.73 Å². The zero-order valence-electron chi connectivity index (χ0n) is 8.41. The highest BCUT2D eigenvalue weighted by atomic mass is 35.5. The van der Waals surface area contributed by atoms with Crippen LogP contribution >= 0.6 is 11.6 Å². The number of phenols is 1. The second-order valence-electron chi connectivity index (χ2n) is 2.97. The minimum atomic E-state index is -0.668. The zero-order chi connectivity index (χ0) is 11.6. The Morgan fingerprint density at radius 3 is 2.67 bits per heavy atom. The normalized spacial score (nSPS) is 9.80. The van der Waals surface area contributed by atoms with Crippen molar-refractivity contribution in [1.29, 1.82) is 0 Å². The monoisotopic (exact) mass is 229 g/mol. The van der Waals surface area contributed by atoms with Crippen molar-refractivity contribution >= 4 is 29.0 Å². The number of benzene rings is 1. The molecule has 0 unspecified atom stereocenters. The molecule has 0 aliphatic carbocycles. The van der Waals surface area contributed by atoms with E-state index in [-0.39, 0.29) is 11.4 Å². The van der Waals surface area contributed by atoms with Gasteiger partial charge in [0.2, 0.25) is 0 Å². The average molecular weight is 230 g/mol. The number of hydrogen-bond acceptors (Lipinski definition) is 3. The van der Waals surface area contributed by atoms with Crippen LogP contribution in [0, 0.1) is 0 Å². The van der Waals surface area contributed by atoms with E-state index in [1.165, 1.54) is 19.2 Å². The molecule has 0 aliphatic heterocycles. The summed E-state index contributed by atoms with van der Waals surface area (Å²) in [5.41, 5.74) is 5.92. The highest BCUT2D eigenvalue weighted by molar-refractivity contribution is 6.33. The lowest BCUT2D eigenvalue weighted by molar-refractivity contribution is 0.255. The smallest absolute Gasteiger partial charge is 0.319 e. The van der Waals surface area contributed by atoms with Gasteiger partial charge in [-0.05, 0) is 6.07 Å². The Balaban J connectivity index is 3.21. The van der Waals surface area contributed by atoms with Gasteiger partial charge in [0.05, 0.1) is 16.4 Å². The summed E-state index contributed by atoms with van der Waals surface area (Å²) in [4.78, 5) is 12.0. The molecule has 5 nitrogen and oxygen atoms in total. The molecular weight excluding hydrogens is 218 g/mol. The molecule has 2 amide bonds. The number of rotatable bonds is 2. The SMILES string of the molecule is CNc1cc(O)c(N(C)C(N)=O)cc1Cl. The molecule has 0 fully saturated rings. The van der Waals surface area contributed by atoms with Crippen molar-refractivity contribution in [3.8, 4) is 5.75 Å². The number of nitrogens with zero attached hydrogens (tertiary/aromatic N) is 1. The van der Waals surface area contributed by atoms with Crippen molar-refractivity contribution in [2.45, 2.75) is 0 Å². The number of urea groups is 1. The lowest BCUT2D eigenvalue weighted by Gasteiger charge is -2.17. The second-order valence-corrected chi connectivity index (χ2v) is 3.38. The van der Waals surface area contributed by atoms with Gasteiger partial charge in [0.1, 0.15) is 5.75 Å². The summed E-state index contributed by atoms with van der Waals surface area (Å²) in [6.45, 7) is 0. The van der Waals surface area contributed by atoms with Crippen molar-refractivity contribution in [2.75, 3.05) is 24.3 Å². The van der Waals surface area contributed by atoms with Crippen LogP contribution in [0.15, 0.2) is 12.1 Å². The number of halogens is 1. The third-order valence-corrected chi connectivity index (χ3v) is 2.34. The van der Waals surface area contributed by atoms with Crippen LogP contribution in [0.5, 0.6) is 5.75 Å². The Morgan fingerprint density at radius 2 is 2.20 bits per heavy atom. The van der Waals surface area contributed by atoms with E-state index in [2.05, 4.69) is 5.32 Å². The number of nitrogens with one attached hydrogen (secondary N) is 1. The van der Waals surface area contributed by atoms with Gasteiger partial charge in [0, 0.05) is 20.2 Å². The van der Waals surface area contributed by atoms with Gasteiger partial charge in [-0.15, -0.1) is 0 Å². The summed E-state index contributed by atoms with van der Waals surface area (Å²) < 4.78 is 0. The fourth-order valence-electron chi connectivity index (χ4n) is 1.13. The van der Waals surface area contributed by atoms with Crippen molar-refractivity contribution in [3.63, 3.8) is 0 Å². The van der Waals surface area contributed by atoms with Crippen LogP contribution in [0.4, 0.5) is 16.2 Å². The third kappa shape index (κ3) is 2.24. The molecule has 15 heavy (non-hydrogen) atoms. The minimum absolute atomic E-state index is 0.0648. The van der Waals surface area contributed by atoms with Crippen LogP contribution < -0.4 is 16.0 Å². The van der Waals surface area contributed by atoms with Crippen LogP contribution in [0.25, 0.3) is 0 Å². The van der Waals surface area contributed by atoms with Crippen LogP contribution in [-0.2, 0) is 0 Å². The average Bonchev–Trinajstić information content (AvgIpc) is 2.19. The number of amides is 2. The van der Waals surface area contributed by atoms with Gasteiger partial charge in [0.15, 0.2) is 0 Å². The molecule has 0 spiro atoms. The fraction of sp³-hybridized carbons (Fsp3) is 0.222. The first-order valence-corrected chi connectivity index (χ1v) is 4.58. The number of carbonyl (C=O) groups is 1. The molecule has 0 radical (unpaired) electrons. The molecule has 0 atom stereocenters. The van der Waals surface area contributed by atoms with Gasteiger partial charge in [-0.1, -0.05) is 11.6 Å². The summed E-state index contributed by atoms with van der Waals surface area (Å²) in [5, 5.41) is 12.8. The lowest BCUT2D eigenvalue weighted by Crippen LogP contribution is -2.31. The molecule has 1 aromatic carbocycles.